The van der Waals surface area contributed by atoms with Crippen LogP contribution in [0.3, 0.4) is 0 Å². The van der Waals surface area contributed by atoms with E-state index in [0.717, 1.165) is 17.0 Å². The zero-order valence-corrected chi connectivity index (χ0v) is 8.38. The first-order valence-corrected chi connectivity index (χ1v) is 4.60. The van der Waals surface area contributed by atoms with E-state index in [2.05, 4.69) is 10.1 Å². The van der Waals surface area contributed by atoms with E-state index in [1.165, 1.54) is 0 Å². The summed E-state index contributed by atoms with van der Waals surface area (Å²) >= 11 is 0. The molecule has 2 rings (SSSR count). The fourth-order valence-electron chi connectivity index (χ4n) is 1.64. The van der Waals surface area contributed by atoms with E-state index in [1.807, 2.05) is 29.5 Å². The molecule has 2 aromatic heterocycles. The molecule has 0 fully saturated rings. The van der Waals surface area contributed by atoms with Gasteiger partial charge in [-0.05, 0) is 19.1 Å². The van der Waals surface area contributed by atoms with Crippen LogP contribution in [0.15, 0.2) is 29.6 Å². The SMILES string of the molecule is Cc1ncc2cccc(C/C(N)=N/O)n12. The Bertz CT molecular complexity index is 515. The Morgan fingerprint density at radius 1 is 1.60 bits per heavy atom. The fourth-order valence-corrected chi connectivity index (χ4v) is 1.64. The van der Waals surface area contributed by atoms with E-state index in [9.17, 15) is 0 Å². The van der Waals surface area contributed by atoms with Crippen LogP contribution in [-0.4, -0.2) is 20.4 Å². The summed E-state index contributed by atoms with van der Waals surface area (Å²) < 4.78 is 1.98. The summed E-state index contributed by atoms with van der Waals surface area (Å²) in [6.45, 7) is 1.92. The van der Waals surface area contributed by atoms with Crippen LogP contribution in [0.25, 0.3) is 5.52 Å². The summed E-state index contributed by atoms with van der Waals surface area (Å²) in [5.41, 5.74) is 7.45. The van der Waals surface area contributed by atoms with E-state index < -0.39 is 0 Å². The number of aromatic nitrogens is 2. The maximum absolute atomic E-state index is 8.53. The molecule has 2 aromatic rings. The fraction of sp³-hybridized carbons (Fsp3) is 0.200. The minimum absolute atomic E-state index is 0.190. The van der Waals surface area contributed by atoms with Gasteiger partial charge in [-0.3, -0.25) is 0 Å². The van der Waals surface area contributed by atoms with Crippen LogP contribution in [0.2, 0.25) is 0 Å². The molecule has 0 amide bonds. The summed E-state index contributed by atoms with van der Waals surface area (Å²) in [7, 11) is 0. The molecule has 78 valence electrons. The second-order valence-corrected chi connectivity index (χ2v) is 3.35. The number of amidine groups is 1. The minimum Gasteiger partial charge on any atom is -0.409 e. The van der Waals surface area contributed by atoms with Crippen LogP contribution in [0, 0.1) is 6.92 Å². The Labute approximate surface area is 86.8 Å². The van der Waals surface area contributed by atoms with Crippen LogP contribution >= 0.6 is 0 Å². The number of hydrogen-bond donors (Lipinski definition) is 2. The van der Waals surface area contributed by atoms with Gasteiger partial charge in [0.05, 0.1) is 11.7 Å². The number of pyridine rings is 1. The van der Waals surface area contributed by atoms with Gasteiger partial charge in [0.25, 0.3) is 0 Å². The van der Waals surface area contributed by atoms with Crippen LogP contribution < -0.4 is 5.73 Å². The molecule has 0 saturated carbocycles. The zero-order chi connectivity index (χ0) is 10.8. The van der Waals surface area contributed by atoms with Gasteiger partial charge >= 0.3 is 0 Å². The molecule has 15 heavy (non-hydrogen) atoms. The zero-order valence-electron chi connectivity index (χ0n) is 8.38. The first-order valence-electron chi connectivity index (χ1n) is 4.60. The first kappa shape index (κ1) is 9.51. The monoisotopic (exact) mass is 204 g/mol. The topological polar surface area (TPSA) is 75.9 Å². The van der Waals surface area contributed by atoms with E-state index >= 15 is 0 Å². The number of hydrogen-bond acceptors (Lipinski definition) is 3. The van der Waals surface area contributed by atoms with Crippen molar-refractivity contribution >= 4 is 11.4 Å². The molecule has 5 heteroatoms. The molecule has 5 nitrogen and oxygen atoms in total. The summed E-state index contributed by atoms with van der Waals surface area (Å²) in [6, 6.07) is 5.83. The van der Waals surface area contributed by atoms with E-state index in [0.29, 0.717) is 6.42 Å². The van der Waals surface area contributed by atoms with Gasteiger partial charge < -0.3 is 15.3 Å². The molecule has 0 radical (unpaired) electrons. The molecular weight excluding hydrogens is 192 g/mol. The van der Waals surface area contributed by atoms with Gasteiger partial charge in [0.2, 0.25) is 0 Å². The van der Waals surface area contributed by atoms with E-state index in [1.54, 1.807) is 6.20 Å². The van der Waals surface area contributed by atoms with Gasteiger partial charge in [-0.25, -0.2) is 4.98 Å². The Morgan fingerprint density at radius 2 is 2.40 bits per heavy atom. The molecule has 0 bridgehead atoms. The summed E-state index contributed by atoms with van der Waals surface area (Å²) in [5, 5.41) is 11.5. The van der Waals surface area contributed by atoms with E-state index in [4.69, 9.17) is 10.9 Å². The van der Waals surface area contributed by atoms with Gasteiger partial charge in [-0.1, -0.05) is 11.2 Å². The van der Waals surface area contributed by atoms with Crippen molar-refractivity contribution in [1.29, 1.82) is 0 Å². The van der Waals surface area contributed by atoms with Crippen molar-refractivity contribution in [2.75, 3.05) is 0 Å². The average Bonchev–Trinajstić information content (AvgIpc) is 2.61. The molecular formula is C10H12N4O. The molecule has 2 heterocycles. The van der Waals surface area contributed by atoms with Gasteiger partial charge in [0, 0.05) is 12.1 Å². The largest absolute Gasteiger partial charge is 0.409 e. The normalized spacial score (nSPS) is 12.2. The second-order valence-electron chi connectivity index (χ2n) is 3.35. The highest BCUT2D eigenvalue weighted by atomic mass is 16.4. The standard InChI is InChI=1S/C10H12N4O/c1-7-12-6-9-4-2-3-8(14(7)9)5-10(11)13-15/h2-4,6,15H,5H2,1H3,(H2,11,13). The van der Waals surface area contributed by atoms with Gasteiger partial charge in [0.15, 0.2) is 0 Å². The van der Waals surface area contributed by atoms with Crippen molar-refractivity contribution in [3.8, 4) is 0 Å². The number of aryl methyl sites for hydroxylation is 1. The molecule has 0 spiro atoms. The van der Waals surface area contributed by atoms with Gasteiger partial charge in [0.1, 0.15) is 11.7 Å². The molecule has 0 aliphatic rings. The van der Waals surface area contributed by atoms with Crippen molar-refractivity contribution in [1.82, 2.24) is 9.38 Å². The predicted molar refractivity (Wildman–Crippen MR) is 57.0 cm³/mol. The first-order chi connectivity index (χ1) is 7.22. The lowest BCUT2D eigenvalue weighted by molar-refractivity contribution is 0.317. The van der Waals surface area contributed by atoms with Crippen molar-refractivity contribution in [2.45, 2.75) is 13.3 Å². The van der Waals surface area contributed by atoms with Gasteiger partial charge in [-0.2, -0.15) is 0 Å². The maximum atomic E-state index is 8.53. The number of nitrogens with two attached hydrogens (primary N) is 1. The molecule has 0 atom stereocenters. The average molecular weight is 204 g/mol. The Balaban J connectivity index is 2.55. The van der Waals surface area contributed by atoms with Crippen molar-refractivity contribution < 1.29 is 5.21 Å². The van der Waals surface area contributed by atoms with Crippen LogP contribution in [-0.2, 0) is 6.42 Å². The third-order valence-corrected chi connectivity index (χ3v) is 2.30. The molecule has 0 unspecified atom stereocenters. The molecule has 0 aliphatic carbocycles. The lowest BCUT2D eigenvalue weighted by Crippen LogP contribution is -2.16. The van der Waals surface area contributed by atoms with Crippen LogP contribution in [0.4, 0.5) is 0 Å². The Kier molecular flexibility index (Phi) is 2.29. The highest BCUT2D eigenvalue weighted by Gasteiger charge is 2.05. The summed E-state index contributed by atoms with van der Waals surface area (Å²) in [4.78, 5) is 4.21. The van der Waals surface area contributed by atoms with Crippen LogP contribution in [0.1, 0.15) is 11.5 Å². The quantitative estimate of drug-likeness (QED) is 0.331. The van der Waals surface area contributed by atoms with Crippen molar-refractivity contribution in [3.05, 3.63) is 35.9 Å². The third kappa shape index (κ3) is 1.63. The highest BCUT2D eigenvalue weighted by molar-refractivity contribution is 5.81. The summed E-state index contributed by atoms with van der Waals surface area (Å²) in [6.07, 6.45) is 2.20. The molecule has 0 aromatic carbocycles. The minimum atomic E-state index is 0.190. The number of rotatable bonds is 2. The number of imidazole rings is 1. The molecule has 3 N–H and O–H groups in total. The molecule has 0 aliphatic heterocycles. The van der Waals surface area contributed by atoms with E-state index in [-0.39, 0.29) is 5.84 Å². The number of fused-ring (bicyclic) bond motifs is 1. The van der Waals surface area contributed by atoms with Gasteiger partial charge in [-0.15, -0.1) is 0 Å². The second kappa shape index (κ2) is 3.61. The maximum Gasteiger partial charge on any atom is 0.145 e. The Morgan fingerprint density at radius 3 is 3.13 bits per heavy atom. The third-order valence-electron chi connectivity index (χ3n) is 2.30. The smallest absolute Gasteiger partial charge is 0.145 e. The number of oxime groups is 1. The lowest BCUT2D eigenvalue weighted by atomic mass is 10.2. The molecule has 0 saturated heterocycles. The van der Waals surface area contributed by atoms with Crippen molar-refractivity contribution in [3.63, 3.8) is 0 Å². The lowest BCUT2D eigenvalue weighted by Gasteiger charge is -2.05. The highest BCUT2D eigenvalue weighted by Crippen LogP contribution is 2.10. The summed E-state index contributed by atoms with van der Waals surface area (Å²) in [5.74, 6) is 1.09. The van der Waals surface area contributed by atoms with Crippen LogP contribution in [0.5, 0.6) is 0 Å². The number of nitrogens with zero attached hydrogens (tertiary/aromatic N) is 3. The van der Waals surface area contributed by atoms with Crippen molar-refractivity contribution in [2.24, 2.45) is 10.9 Å². The predicted octanol–water partition coefficient (Wildman–Crippen LogP) is 0.932. The Hall–Kier alpha value is -2.04.